The first-order valence-electron chi connectivity index (χ1n) is 7.67. The summed E-state index contributed by atoms with van der Waals surface area (Å²) in [5, 5.41) is 2.85. The van der Waals surface area contributed by atoms with Crippen molar-refractivity contribution in [3.63, 3.8) is 0 Å². The maximum Gasteiger partial charge on any atom is 0.262 e. The SMILES string of the molecule is COc1cc(C)c(NC(=O)COc2c(C)cccc2C)cc1OC. The van der Waals surface area contributed by atoms with E-state index in [2.05, 4.69) is 5.32 Å². The molecule has 1 amide bonds. The summed E-state index contributed by atoms with van der Waals surface area (Å²) >= 11 is 0. The van der Waals surface area contributed by atoms with Crippen LogP contribution in [0.15, 0.2) is 30.3 Å². The Morgan fingerprint density at radius 2 is 1.54 bits per heavy atom. The standard InChI is InChI=1S/C19H23NO4/c1-12-7-6-8-13(2)19(12)24-11-18(21)20-15-10-17(23-5)16(22-4)9-14(15)3/h6-10H,11H2,1-5H3,(H,20,21). The zero-order valence-corrected chi connectivity index (χ0v) is 14.7. The number of benzene rings is 2. The summed E-state index contributed by atoms with van der Waals surface area (Å²) in [6.45, 7) is 5.75. The number of carbonyl (C=O) groups excluding carboxylic acids is 1. The van der Waals surface area contributed by atoms with Gasteiger partial charge in [-0.1, -0.05) is 18.2 Å². The normalized spacial score (nSPS) is 10.2. The topological polar surface area (TPSA) is 56.8 Å². The molecule has 5 nitrogen and oxygen atoms in total. The highest BCUT2D eigenvalue weighted by Crippen LogP contribution is 2.32. The summed E-state index contributed by atoms with van der Waals surface area (Å²) in [5.74, 6) is 1.71. The number of rotatable bonds is 6. The Hall–Kier alpha value is -2.69. The number of methoxy groups -OCH3 is 2. The number of para-hydroxylation sites is 1. The maximum absolute atomic E-state index is 12.2. The number of ether oxygens (including phenoxy) is 3. The van der Waals surface area contributed by atoms with Crippen molar-refractivity contribution in [1.29, 1.82) is 0 Å². The van der Waals surface area contributed by atoms with Crippen molar-refractivity contribution in [2.24, 2.45) is 0 Å². The molecule has 2 aromatic rings. The molecule has 1 N–H and O–H groups in total. The van der Waals surface area contributed by atoms with Gasteiger partial charge in [-0.05, 0) is 43.5 Å². The van der Waals surface area contributed by atoms with Crippen molar-refractivity contribution >= 4 is 11.6 Å². The van der Waals surface area contributed by atoms with Crippen molar-refractivity contribution in [1.82, 2.24) is 0 Å². The Bertz CT molecular complexity index is 720. The predicted octanol–water partition coefficient (Wildman–Crippen LogP) is 3.65. The lowest BCUT2D eigenvalue weighted by molar-refractivity contribution is -0.118. The van der Waals surface area contributed by atoms with Crippen LogP contribution in [0.3, 0.4) is 0 Å². The molecular weight excluding hydrogens is 306 g/mol. The van der Waals surface area contributed by atoms with Gasteiger partial charge in [0.15, 0.2) is 18.1 Å². The lowest BCUT2D eigenvalue weighted by Gasteiger charge is -2.15. The fourth-order valence-corrected chi connectivity index (χ4v) is 2.47. The highest BCUT2D eigenvalue weighted by atomic mass is 16.5. The highest BCUT2D eigenvalue weighted by Gasteiger charge is 2.12. The second kappa shape index (κ2) is 7.73. The Kier molecular flexibility index (Phi) is 5.68. The molecule has 0 aliphatic heterocycles. The van der Waals surface area contributed by atoms with Crippen molar-refractivity contribution in [3.05, 3.63) is 47.0 Å². The molecule has 0 saturated heterocycles. The minimum atomic E-state index is -0.229. The predicted molar refractivity (Wildman–Crippen MR) is 94.3 cm³/mol. The molecule has 0 aromatic heterocycles. The lowest BCUT2D eigenvalue weighted by atomic mass is 10.1. The van der Waals surface area contributed by atoms with Gasteiger partial charge in [0, 0.05) is 11.8 Å². The van der Waals surface area contributed by atoms with Gasteiger partial charge < -0.3 is 19.5 Å². The summed E-state index contributed by atoms with van der Waals surface area (Å²) < 4.78 is 16.2. The van der Waals surface area contributed by atoms with Crippen LogP contribution in [0.2, 0.25) is 0 Å². The van der Waals surface area contributed by atoms with E-state index in [9.17, 15) is 4.79 Å². The second-order valence-corrected chi connectivity index (χ2v) is 5.58. The number of hydrogen-bond donors (Lipinski definition) is 1. The zero-order chi connectivity index (χ0) is 17.7. The minimum absolute atomic E-state index is 0.0561. The first-order chi connectivity index (χ1) is 11.5. The van der Waals surface area contributed by atoms with E-state index in [4.69, 9.17) is 14.2 Å². The van der Waals surface area contributed by atoms with E-state index in [1.807, 2.05) is 45.0 Å². The molecule has 0 spiro atoms. The summed E-state index contributed by atoms with van der Waals surface area (Å²) in [6, 6.07) is 9.44. The van der Waals surface area contributed by atoms with Crippen LogP contribution in [-0.2, 0) is 4.79 Å². The van der Waals surface area contributed by atoms with Crippen LogP contribution in [0.1, 0.15) is 16.7 Å². The average Bonchev–Trinajstić information content (AvgIpc) is 2.55. The molecule has 0 unspecified atom stereocenters. The largest absolute Gasteiger partial charge is 0.493 e. The van der Waals surface area contributed by atoms with E-state index in [-0.39, 0.29) is 12.5 Å². The van der Waals surface area contributed by atoms with Gasteiger partial charge in [-0.2, -0.15) is 0 Å². The molecule has 2 aromatic carbocycles. The van der Waals surface area contributed by atoms with Gasteiger partial charge in [0.25, 0.3) is 5.91 Å². The van der Waals surface area contributed by atoms with Crippen molar-refractivity contribution in [3.8, 4) is 17.2 Å². The Morgan fingerprint density at radius 3 is 2.12 bits per heavy atom. The summed E-state index contributed by atoms with van der Waals surface area (Å²) in [4.78, 5) is 12.2. The highest BCUT2D eigenvalue weighted by molar-refractivity contribution is 5.93. The fourth-order valence-electron chi connectivity index (χ4n) is 2.47. The lowest BCUT2D eigenvalue weighted by Crippen LogP contribution is -2.21. The van der Waals surface area contributed by atoms with E-state index in [0.29, 0.717) is 17.2 Å². The smallest absolute Gasteiger partial charge is 0.262 e. The molecule has 0 fully saturated rings. The number of aryl methyl sites for hydroxylation is 3. The molecule has 0 bridgehead atoms. The van der Waals surface area contributed by atoms with Gasteiger partial charge in [0.1, 0.15) is 5.75 Å². The van der Waals surface area contributed by atoms with Gasteiger partial charge in [0.2, 0.25) is 0 Å². The van der Waals surface area contributed by atoms with Crippen LogP contribution < -0.4 is 19.5 Å². The van der Waals surface area contributed by atoms with Crippen molar-refractivity contribution < 1.29 is 19.0 Å². The third-order valence-corrected chi connectivity index (χ3v) is 3.76. The molecule has 2 rings (SSSR count). The quantitative estimate of drug-likeness (QED) is 0.879. The number of hydrogen-bond acceptors (Lipinski definition) is 4. The van der Waals surface area contributed by atoms with Gasteiger partial charge in [0.05, 0.1) is 14.2 Å². The third-order valence-electron chi connectivity index (χ3n) is 3.76. The molecular formula is C19H23NO4. The number of anilines is 1. The molecule has 128 valence electrons. The van der Waals surface area contributed by atoms with Crippen LogP contribution in [0.25, 0.3) is 0 Å². The second-order valence-electron chi connectivity index (χ2n) is 5.58. The number of amides is 1. The molecule has 0 radical (unpaired) electrons. The van der Waals surface area contributed by atoms with E-state index < -0.39 is 0 Å². The van der Waals surface area contributed by atoms with E-state index >= 15 is 0 Å². The van der Waals surface area contributed by atoms with Crippen molar-refractivity contribution in [2.75, 3.05) is 26.1 Å². The molecule has 0 aliphatic carbocycles. The van der Waals surface area contributed by atoms with Gasteiger partial charge in [-0.25, -0.2) is 0 Å². The van der Waals surface area contributed by atoms with Crippen LogP contribution in [-0.4, -0.2) is 26.7 Å². The third kappa shape index (κ3) is 3.98. The summed E-state index contributed by atoms with van der Waals surface area (Å²) in [6.07, 6.45) is 0. The molecule has 0 aliphatic rings. The van der Waals surface area contributed by atoms with E-state index in [1.165, 1.54) is 0 Å². The molecule has 0 saturated carbocycles. The zero-order valence-electron chi connectivity index (χ0n) is 14.7. The van der Waals surface area contributed by atoms with Gasteiger partial charge in [-0.3, -0.25) is 4.79 Å². The molecule has 5 heteroatoms. The Balaban J connectivity index is 2.07. The first-order valence-corrected chi connectivity index (χ1v) is 7.67. The number of carbonyl (C=O) groups is 1. The van der Waals surface area contributed by atoms with Crippen LogP contribution in [0, 0.1) is 20.8 Å². The van der Waals surface area contributed by atoms with Gasteiger partial charge in [-0.15, -0.1) is 0 Å². The number of nitrogens with one attached hydrogen (secondary N) is 1. The van der Waals surface area contributed by atoms with Crippen LogP contribution in [0.5, 0.6) is 17.2 Å². The van der Waals surface area contributed by atoms with Crippen LogP contribution in [0.4, 0.5) is 5.69 Å². The summed E-state index contributed by atoms with van der Waals surface area (Å²) in [5.41, 5.74) is 3.56. The van der Waals surface area contributed by atoms with Gasteiger partial charge >= 0.3 is 0 Å². The van der Waals surface area contributed by atoms with E-state index in [1.54, 1.807) is 20.3 Å². The maximum atomic E-state index is 12.2. The van der Waals surface area contributed by atoms with Crippen LogP contribution >= 0.6 is 0 Å². The Labute approximate surface area is 142 Å². The van der Waals surface area contributed by atoms with E-state index in [0.717, 1.165) is 22.4 Å². The fraction of sp³-hybridized carbons (Fsp3) is 0.316. The monoisotopic (exact) mass is 329 g/mol. The van der Waals surface area contributed by atoms with Crippen molar-refractivity contribution in [2.45, 2.75) is 20.8 Å². The molecule has 24 heavy (non-hydrogen) atoms. The molecule has 0 atom stereocenters. The molecule has 0 heterocycles. The average molecular weight is 329 g/mol. The first kappa shape index (κ1) is 17.7. The minimum Gasteiger partial charge on any atom is -0.493 e. The summed E-state index contributed by atoms with van der Waals surface area (Å²) in [7, 11) is 3.14. The Morgan fingerprint density at radius 1 is 0.958 bits per heavy atom.